The largest absolute Gasteiger partial charge is 0.490 e. The monoisotopic (exact) mass is 408 g/mol. The zero-order valence-corrected chi connectivity index (χ0v) is 17.3. The van der Waals surface area contributed by atoms with Crippen LogP contribution in [0, 0.1) is 5.41 Å². The van der Waals surface area contributed by atoms with E-state index < -0.39 is 0 Å². The van der Waals surface area contributed by atoms with Gasteiger partial charge < -0.3 is 20.1 Å². The molecule has 1 amide bonds. The van der Waals surface area contributed by atoms with Crippen LogP contribution in [0.4, 0.5) is 0 Å². The molecule has 2 N–H and O–H groups in total. The maximum absolute atomic E-state index is 12.9. The van der Waals surface area contributed by atoms with E-state index in [4.69, 9.17) is 9.47 Å². The summed E-state index contributed by atoms with van der Waals surface area (Å²) in [5.41, 5.74) is 1.15. The molecule has 0 atom stereocenters. The molecule has 2 heterocycles. The van der Waals surface area contributed by atoms with Gasteiger partial charge in [0.05, 0.1) is 25.1 Å². The number of hydrogen-bond donors (Lipinski definition) is 2. The molecule has 1 fully saturated rings. The zero-order valence-electron chi connectivity index (χ0n) is 16.4. The lowest BCUT2D eigenvalue weighted by Gasteiger charge is -2.37. The topological polar surface area (TPSA) is 77.4 Å². The number of ether oxygens (including phenoxy) is 2. The quantitative estimate of drug-likeness (QED) is 0.701. The van der Waals surface area contributed by atoms with Gasteiger partial charge in [0.15, 0.2) is 11.4 Å². The fourth-order valence-corrected chi connectivity index (χ4v) is 3.48. The van der Waals surface area contributed by atoms with Gasteiger partial charge >= 0.3 is 0 Å². The second kappa shape index (κ2) is 10.5. The first-order valence-corrected chi connectivity index (χ1v) is 9.43. The maximum atomic E-state index is 12.9. The van der Waals surface area contributed by atoms with E-state index in [1.54, 1.807) is 18.0 Å². The molecular formula is C20H29ClN4O3. The highest BCUT2D eigenvalue weighted by atomic mass is 35.5. The van der Waals surface area contributed by atoms with E-state index in [0.29, 0.717) is 31.2 Å². The number of methoxy groups -OCH3 is 1. The zero-order chi connectivity index (χ0) is 19.1. The number of nitrogens with zero attached hydrogens (tertiary/aromatic N) is 2. The molecule has 2 aromatic rings. The Hall–Kier alpha value is -2.09. The Morgan fingerprint density at radius 2 is 2.00 bits per heavy atom. The second-order valence-corrected chi connectivity index (χ2v) is 6.92. The van der Waals surface area contributed by atoms with Crippen LogP contribution in [-0.2, 0) is 4.74 Å². The van der Waals surface area contributed by atoms with E-state index in [1.165, 1.54) is 0 Å². The summed E-state index contributed by atoms with van der Waals surface area (Å²) in [6.45, 7) is 5.43. The van der Waals surface area contributed by atoms with Crippen LogP contribution in [0.1, 0.15) is 30.3 Å². The van der Waals surface area contributed by atoms with Gasteiger partial charge in [-0.2, -0.15) is 5.10 Å². The normalized spacial score (nSPS) is 15.5. The van der Waals surface area contributed by atoms with Crippen molar-refractivity contribution in [3.63, 3.8) is 0 Å². The summed E-state index contributed by atoms with van der Waals surface area (Å²) in [5.74, 6) is 0.270. The molecule has 0 radical (unpaired) electrons. The highest BCUT2D eigenvalue weighted by Gasteiger charge is 2.33. The van der Waals surface area contributed by atoms with Gasteiger partial charge in [0.2, 0.25) is 0 Å². The van der Waals surface area contributed by atoms with Crippen LogP contribution < -0.4 is 15.4 Å². The standard InChI is InChI=1S/C20H28N4O3.ClH/c1-3-27-17-13-24(16-7-5-4-6-8-16)23-18(17)19(25)22-14-20(15-26-2)9-11-21-12-10-20;/h4-8,13,21H,3,9-12,14-15H2,1-2H3,(H,22,25);1H. The third-order valence-corrected chi connectivity index (χ3v) is 4.96. The average molecular weight is 409 g/mol. The van der Waals surface area contributed by atoms with E-state index in [2.05, 4.69) is 15.7 Å². The molecule has 0 unspecified atom stereocenters. The van der Waals surface area contributed by atoms with E-state index in [1.807, 2.05) is 37.3 Å². The summed E-state index contributed by atoms with van der Waals surface area (Å²) in [5, 5.41) is 10.9. The number of carbonyl (C=O) groups excluding carboxylic acids is 1. The minimum atomic E-state index is -0.220. The Labute approximate surface area is 172 Å². The number of hydrogen-bond acceptors (Lipinski definition) is 5. The smallest absolute Gasteiger partial charge is 0.275 e. The molecule has 8 heteroatoms. The van der Waals surface area contributed by atoms with Crippen molar-refractivity contribution < 1.29 is 14.3 Å². The highest BCUT2D eigenvalue weighted by molar-refractivity contribution is 5.95. The van der Waals surface area contributed by atoms with Gasteiger partial charge in [-0.3, -0.25) is 4.79 Å². The maximum Gasteiger partial charge on any atom is 0.275 e. The average Bonchev–Trinajstić information content (AvgIpc) is 3.12. The van der Waals surface area contributed by atoms with E-state index in [-0.39, 0.29) is 23.7 Å². The first kappa shape index (κ1) is 22.2. The Bertz CT molecular complexity index is 740. The van der Waals surface area contributed by atoms with Crippen molar-refractivity contribution in [3.05, 3.63) is 42.2 Å². The van der Waals surface area contributed by atoms with Gasteiger partial charge in [-0.1, -0.05) is 18.2 Å². The predicted octanol–water partition coefficient (Wildman–Crippen LogP) is 2.44. The number of nitrogens with one attached hydrogen (secondary N) is 2. The molecule has 1 aliphatic heterocycles. The van der Waals surface area contributed by atoms with Crippen LogP contribution in [0.25, 0.3) is 5.69 Å². The van der Waals surface area contributed by atoms with Gasteiger partial charge in [-0.25, -0.2) is 4.68 Å². The Kier molecular flexibility index (Phi) is 8.29. The minimum absolute atomic E-state index is 0. The number of piperidine rings is 1. The number of rotatable bonds is 8. The van der Waals surface area contributed by atoms with Gasteiger partial charge in [0, 0.05) is 19.1 Å². The fourth-order valence-electron chi connectivity index (χ4n) is 3.48. The van der Waals surface area contributed by atoms with Crippen molar-refractivity contribution in [2.24, 2.45) is 5.41 Å². The summed E-state index contributed by atoms with van der Waals surface area (Å²) in [6.07, 6.45) is 3.69. The summed E-state index contributed by atoms with van der Waals surface area (Å²) < 4.78 is 12.7. The molecule has 154 valence electrons. The third-order valence-electron chi connectivity index (χ3n) is 4.96. The SMILES string of the molecule is CCOc1cn(-c2ccccc2)nc1C(=O)NCC1(COC)CCNCC1.Cl. The molecule has 3 rings (SSSR count). The summed E-state index contributed by atoms with van der Waals surface area (Å²) in [6, 6.07) is 9.68. The molecule has 7 nitrogen and oxygen atoms in total. The number of amides is 1. The Balaban J connectivity index is 0.00000280. The van der Waals surface area contributed by atoms with Gasteiger partial charge in [-0.15, -0.1) is 12.4 Å². The first-order chi connectivity index (χ1) is 13.2. The number of benzene rings is 1. The van der Waals surface area contributed by atoms with Crippen LogP contribution in [0.3, 0.4) is 0 Å². The molecule has 1 aromatic heterocycles. The molecular weight excluding hydrogens is 380 g/mol. The molecule has 0 bridgehead atoms. The van der Waals surface area contributed by atoms with Crippen molar-refractivity contribution >= 4 is 18.3 Å². The van der Waals surface area contributed by atoms with Gasteiger partial charge in [-0.05, 0) is 45.0 Å². The second-order valence-electron chi connectivity index (χ2n) is 6.92. The van der Waals surface area contributed by atoms with Crippen molar-refractivity contribution in [1.29, 1.82) is 0 Å². The first-order valence-electron chi connectivity index (χ1n) is 9.43. The molecule has 1 aliphatic rings. The van der Waals surface area contributed by atoms with E-state index >= 15 is 0 Å². The number of carbonyl (C=O) groups is 1. The van der Waals surface area contributed by atoms with E-state index in [9.17, 15) is 4.79 Å². The fraction of sp³-hybridized carbons (Fsp3) is 0.500. The van der Waals surface area contributed by atoms with E-state index in [0.717, 1.165) is 31.6 Å². The Morgan fingerprint density at radius 1 is 1.29 bits per heavy atom. The minimum Gasteiger partial charge on any atom is -0.490 e. The van der Waals surface area contributed by atoms with Crippen molar-refractivity contribution in [2.45, 2.75) is 19.8 Å². The molecule has 0 saturated carbocycles. The lowest BCUT2D eigenvalue weighted by molar-refractivity contribution is 0.0510. The van der Waals surface area contributed by atoms with Gasteiger partial charge in [0.25, 0.3) is 5.91 Å². The molecule has 1 aromatic carbocycles. The molecule has 1 saturated heterocycles. The Morgan fingerprint density at radius 3 is 2.64 bits per heavy atom. The van der Waals surface area contributed by atoms with Crippen LogP contribution in [0.15, 0.2) is 36.5 Å². The molecule has 0 aliphatic carbocycles. The summed E-state index contributed by atoms with van der Waals surface area (Å²) >= 11 is 0. The highest BCUT2D eigenvalue weighted by Crippen LogP contribution is 2.28. The van der Waals surface area contributed by atoms with Crippen molar-refractivity contribution in [2.75, 3.05) is 40.0 Å². The van der Waals surface area contributed by atoms with Crippen LogP contribution in [-0.4, -0.2) is 55.6 Å². The molecule has 0 spiro atoms. The number of aromatic nitrogens is 2. The van der Waals surface area contributed by atoms with Crippen molar-refractivity contribution in [3.8, 4) is 11.4 Å². The van der Waals surface area contributed by atoms with Crippen LogP contribution in [0.2, 0.25) is 0 Å². The van der Waals surface area contributed by atoms with Crippen LogP contribution >= 0.6 is 12.4 Å². The lowest BCUT2D eigenvalue weighted by Crippen LogP contribution is -2.47. The summed E-state index contributed by atoms with van der Waals surface area (Å²) in [7, 11) is 1.71. The third kappa shape index (κ3) is 5.25. The lowest BCUT2D eigenvalue weighted by atomic mass is 9.79. The number of para-hydroxylation sites is 1. The molecule has 28 heavy (non-hydrogen) atoms. The van der Waals surface area contributed by atoms with Crippen LogP contribution in [0.5, 0.6) is 5.75 Å². The predicted molar refractivity (Wildman–Crippen MR) is 111 cm³/mol. The van der Waals surface area contributed by atoms with Gasteiger partial charge in [0.1, 0.15) is 0 Å². The van der Waals surface area contributed by atoms with Crippen molar-refractivity contribution in [1.82, 2.24) is 20.4 Å². The number of halogens is 1. The summed E-state index contributed by atoms with van der Waals surface area (Å²) in [4.78, 5) is 12.9.